The standard InChI is InChI=1S/C15H21F2NO4S/c1-14(2,3)18-23(21,22)12-7-10(16)9(6-11(12)17)8-15(4,5)13(19)20/h6-7,18H,8H2,1-5H3,(H,19,20). The average molecular weight is 349 g/mol. The zero-order chi connectivity index (χ0) is 18.2. The van der Waals surface area contributed by atoms with Crippen LogP contribution in [0.4, 0.5) is 8.78 Å². The summed E-state index contributed by atoms with van der Waals surface area (Å²) in [5, 5.41) is 9.05. The summed E-state index contributed by atoms with van der Waals surface area (Å²) in [6.07, 6.45) is -0.266. The first-order valence-corrected chi connectivity index (χ1v) is 8.39. The number of nitrogens with one attached hydrogen (secondary N) is 1. The van der Waals surface area contributed by atoms with Crippen LogP contribution in [-0.2, 0) is 21.2 Å². The van der Waals surface area contributed by atoms with E-state index in [0.717, 1.165) is 6.07 Å². The predicted molar refractivity (Wildman–Crippen MR) is 81.6 cm³/mol. The van der Waals surface area contributed by atoms with Crippen LogP contribution in [0.25, 0.3) is 0 Å². The smallest absolute Gasteiger partial charge is 0.309 e. The molecule has 0 radical (unpaired) electrons. The summed E-state index contributed by atoms with van der Waals surface area (Å²) in [7, 11) is -4.23. The molecule has 0 aliphatic carbocycles. The van der Waals surface area contributed by atoms with E-state index in [9.17, 15) is 22.0 Å². The van der Waals surface area contributed by atoms with Crippen molar-refractivity contribution in [2.24, 2.45) is 5.41 Å². The van der Waals surface area contributed by atoms with Crippen LogP contribution in [0.1, 0.15) is 40.2 Å². The number of halogens is 2. The molecule has 0 saturated carbocycles. The minimum Gasteiger partial charge on any atom is -0.481 e. The van der Waals surface area contributed by atoms with Crippen molar-refractivity contribution >= 4 is 16.0 Å². The zero-order valence-electron chi connectivity index (χ0n) is 13.7. The second-order valence-electron chi connectivity index (χ2n) is 7.10. The number of sulfonamides is 1. The maximum Gasteiger partial charge on any atom is 0.309 e. The number of hydrogen-bond donors (Lipinski definition) is 2. The second kappa shape index (κ2) is 6.16. The van der Waals surface area contributed by atoms with Gasteiger partial charge in [0.15, 0.2) is 0 Å². The Labute approximate surface area is 134 Å². The Morgan fingerprint density at radius 1 is 1.13 bits per heavy atom. The number of carboxylic acids is 1. The Morgan fingerprint density at radius 3 is 2.09 bits per heavy atom. The molecule has 130 valence electrons. The first-order valence-electron chi connectivity index (χ1n) is 6.91. The van der Waals surface area contributed by atoms with Gasteiger partial charge in [-0.25, -0.2) is 21.9 Å². The van der Waals surface area contributed by atoms with Crippen LogP contribution in [-0.4, -0.2) is 25.0 Å². The quantitative estimate of drug-likeness (QED) is 0.856. The number of hydrogen-bond acceptors (Lipinski definition) is 3. The van der Waals surface area contributed by atoms with Crippen LogP contribution < -0.4 is 4.72 Å². The minimum absolute atomic E-state index is 0.190. The fourth-order valence-electron chi connectivity index (χ4n) is 1.92. The number of carbonyl (C=O) groups is 1. The van der Waals surface area contributed by atoms with Crippen molar-refractivity contribution in [1.82, 2.24) is 4.72 Å². The molecule has 0 amide bonds. The van der Waals surface area contributed by atoms with E-state index in [0.29, 0.717) is 6.07 Å². The van der Waals surface area contributed by atoms with E-state index >= 15 is 0 Å². The molecule has 0 aliphatic heterocycles. The number of benzene rings is 1. The summed E-state index contributed by atoms with van der Waals surface area (Å²) in [5.41, 5.74) is -2.35. The molecule has 5 nitrogen and oxygen atoms in total. The summed E-state index contributed by atoms with van der Waals surface area (Å²) in [5.74, 6) is -3.25. The minimum atomic E-state index is -4.23. The van der Waals surface area contributed by atoms with Gasteiger partial charge < -0.3 is 5.11 Å². The normalized spacial score (nSPS) is 13.2. The SMILES string of the molecule is CC(C)(C)NS(=O)(=O)c1cc(F)c(CC(C)(C)C(=O)O)cc1F. The van der Waals surface area contributed by atoms with E-state index in [1.165, 1.54) is 13.8 Å². The third-order valence-electron chi connectivity index (χ3n) is 3.04. The summed E-state index contributed by atoms with van der Waals surface area (Å²) in [6, 6.07) is 1.31. The molecule has 0 saturated heterocycles. The van der Waals surface area contributed by atoms with Crippen molar-refractivity contribution in [3.63, 3.8) is 0 Å². The molecule has 0 fully saturated rings. The van der Waals surface area contributed by atoms with Crippen LogP contribution in [0.5, 0.6) is 0 Å². The van der Waals surface area contributed by atoms with Crippen molar-refractivity contribution in [1.29, 1.82) is 0 Å². The third-order valence-corrected chi connectivity index (χ3v) is 4.82. The molecule has 1 aromatic carbocycles. The van der Waals surface area contributed by atoms with Crippen molar-refractivity contribution in [2.45, 2.75) is 51.5 Å². The zero-order valence-corrected chi connectivity index (χ0v) is 14.5. The van der Waals surface area contributed by atoms with Gasteiger partial charge in [-0.05, 0) is 58.7 Å². The Balaban J connectivity index is 3.29. The fraction of sp³-hybridized carbons (Fsp3) is 0.533. The van der Waals surface area contributed by atoms with Gasteiger partial charge in [0.05, 0.1) is 5.41 Å². The molecule has 0 aromatic heterocycles. The number of aliphatic carboxylic acids is 1. The molecule has 0 aliphatic rings. The van der Waals surface area contributed by atoms with Crippen LogP contribution in [0.3, 0.4) is 0 Å². The Hall–Kier alpha value is -1.54. The van der Waals surface area contributed by atoms with Gasteiger partial charge in [-0.3, -0.25) is 4.79 Å². The monoisotopic (exact) mass is 349 g/mol. The summed E-state index contributed by atoms with van der Waals surface area (Å²) < 4.78 is 54.7. The van der Waals surface area contributed by atoms with Crippen LogP contribution in [0, 0.1) is 17.0 Å². The number of carboxylic acid groups (broad SMARTS) is 1. The van der Waals surface area contributed by atoms with E-state index < -0.39 is 43.5 Å². The van der Waals surface area contributed by atoms with Gasteiger partial charge >= 0.3 is 5.97 Å². The van der Waals surface area contributed by atoms with E-state index in [4.69, 9.17) is 5.11 Å². The molecule has 1 rings (SSSR count). The van der Waals surface area contributed by atoms with Gasteiger partial charge in [-0.15, -0.1) is 0 Å². The summed E-state index contributed by atoms with van der Waals surface area (Å²) in [4.78, 5) is 10.3. The lowest BCUT2D eigenvalue weighted by atomic mass is 9.86. The first kappa shape index (κ1) is 19.5. The summed E-state index contributed by atoms with van der Waals surface area (Å²) >= 11 is 0. The molecular formula is C15H21F2NO4S. The van der Waals surface area contributed by atoms with E-state index in [-0.39, 0.29) is 12.0 Å². The predicted octanol–water partition coefficient (Wildman–Crippen LogP) is 2.69. The van der Waals surface area contributed by atoms with Crippen molar-refractivity contribution in [2.75, 3.05) is 0 Å². The maximum absolute atomic E-state index is 14.1. The lowest BCUT2D eigenvalue weighted by Crippen LogP contribution is -2.40. The van der Waals surface area contributed by atoms with E-state index in [2.05, 4.69) is 4.72 Å². The molecular weight excluding hydrogens is 328 g/mol. The third kappa shape index (κ3) is 4.97. The highest BCUT2D eigenvalue weighted by atomic mass is 32.2. The second-order valence-corrected chi connectivity index (χ2v) is 8.75. The topological polar surface area (TPSA) is 83.5 Å². The van der Waals surface area contributed by atoms with Gasteiger partial charge in [0.1, 0.15) is 16.5 Å². The lowest BCUT2D eigenvalue weighted by Gasteiger charge is -2.22. The largest absolute Gasteiger partial charge is 0.481 e. The Morgan fingerprint density at radius 2 is 1.65 bits per heavy atom. The van der Waals surface area contributed by atoms with Gasteiger partial charge in [-0.1, -0.05) is 0 Å². The van der Waals surface area contributed by atoms with Gasteiger partial charge in [0, 0.05) is 5.54 Å². The van der Waals surface area contributed by atoms with Gasteiger partial charge in [-0.2, -0.15) is 0 Å². The highest BCUT2D eigenvalue weighted by Crippen LogP contribution is 2.27. The van der Waals surface area contributed by atoms with Gasteiger partial charge in [0.25, 0.3) is 0 Å². The first-order chi connectivity index (χ1) is 10.2. The van der Waals surface area contributed by atoms with E-state index in [1.54, 1.807) is 20.8 Å². The summed E-state index contributed by atoms with van der Waals surface area (Å²) in [6.45, 7) is 7.46. The maximum atomic E-state index is 14.1. The lowest BCUT2D eigenvalue weighted by molar-refractivity contribution is -0.146. The highest BCUT2D eigenvalue weighted by molar-refractivity contribution is 7.89. The molecule has 0 atom stereocenters. The van der Waals surface area contributed by atoms with Crippen molar-refractivity contribution < 1.29 is 27.1 Å². The molecule has 0 spiro atoms. The van der Waals surface area contributed by atoms with Crippen molar-refractivity contribution in [3.05, 3.63) is 29.3 Å². The van der Waals surface area contributed by atoms with Crippen LogP contribution in [0.2, 0.25) is 0 Å². The Bertz CT molecular complexity index is 722. The molecule has 0 heterocycles. The van der Waals surface area contributed by atoms with Crippen molar-refractivity contribution in [3.8, 4) is 0 Å². The molecule has 1 aromatic rings. The Kier molecular flexibility index (Phi) is 5.23. The van der Waals surface area contributed by atoms with Crippen LogP contribution >= 0.6 is 0 Å². The van der Waals surface area contributed by atoms with Gasteiger partial charge in [0.2, 0.25) is 10.0 Å². The molecule has 0 unspecified atom stereocenters. The average Bonchev–Trinajstić information content (AvgIpc) is 2.29. The number of rotatable bonds is 5. The highest BCUT2D eigenvalue weighted by Gasteiger charge is 2.31. The molecule has 8 heteroatoms. The fourth-order valence-corrected chi connectivity index (χ4v) is 3.41. The molecule has 0 bridgehead atoms. The molecule has 2 N–H and O–H groups in total. The molecule has 23 heavy (non-hydrogen) atoms. The van der Waals surface area contributed by atoms with Crippen LogP contribution in [0.15, 0.2) is 17.0 Å². The van der Waals surface area contributed by atoms with E-state index in [1.807, 2.05) is 0 Å².